The second-order valence-electron chi connectivity index (χ2n) is 7.22. The van der Waals surface area contributed by atoms with Crippen LogP contribution in [0.4, 0.5) is 5.69 Å². The largest absolute Gasteiger partial charge is 0.497 e. The molecule has 1 amide bonds. The summed E-state index contributed by atoms with van der Waals surface area (Å²) in [7, 11) is 1.58. The summed E-state index contributed by atoms with van der Waals surface area (Å²) in [6, 6.07) is 19.8. The minimum atomic E-state index is -0.263. The Balaban J connectivity index is 1.65. The number of allylic oxidation sites excluding steroid dienone is 1. The molecule has 33 heavy (non-hydrogen) atoms. The Morgan fingerprint density at radius 1 is 0.939 bits per heavy atom. The molecule has 0 unspecified atom stereocenters. The Kier molecular flexibility index (Phi) is 8.24. The number of hydrogen-bond donors (Lipinski definition) is 1. The van der Waals surface area contributed by atoms with Crippen molar-refractivity contribution in [1.82, 2.24) is 0 Å². The first-order valence-electron chi connectivity index (χ1n) is 10.6. The topological polar surface area (TPSA) is 73.9 Å². The summed E-state index contributed by atoms with van der Waals surface area (Å²) >= 11 is 0. The standard InChI is InChI=1S/C27H27NO5/c1-4-32-26-17-20(9-15-24(29)21-11-13-22(31-3)14-12-21)10-16-25(26)33-18-27(30)28-23-8-6-5-7-19(23)2/h5-17H,4,18H2,1-3H3,(H,28,30)/b15-9+. The zero-order chi connectivity index (χ0) is 23.6. The first-order valence-corrected chi connectivity index (χ1v) is 10.6. The van der Waals surface area contributed by atoms with E-state index in [0.29, 0.717) is 29.4 Å². The summed E-state index contributed by atoms with van der Waals surface area (Å²) in [5.74, 6) is 1.26. The number of carbonyl (C=O) groups is 2. The summed E-state index contributed by atoms with van der Waals surface area (Å²) < 4.78 is 16.5. The van der Waals surface area contributed by atoms with Crippen LogP contribution in [0.3, 0.4) is 0 Å². The maximum Gasteiger partial charge on any atom is 0.262 e. The number of para-hydroxylation sites is 1. The van der Waals surface area contributed by atoms with Gasteiger partial charge in [-0.05, 0) is 73.5 Å². The molecule has 0 heterocycles. The zero-order valence-corrected chi connectivity index (χ0v) is 19.0. The van der Waals surface area contributed by atoms with E-state index in [1.54, 1.807) is 55.7 Å². The quantitative estimate of drug-likeness (QED) is 0.338. The monoisotopic (exact) mass is 445 g/mol. The van der Waals surface area contributed by atoms with Crippen molar-refractivity contribution in [2.45, 2.75) is 13.8 Å². The molecular weight excluding hydrogens is 418 g/mol. The highest BCUT2D eigenvalue weighted by molar-refractivity contribution is 6.06. The van der Waals surface area contributed by atoms with Crippen LogP contribution in [0.1, 0.15) is 28.4 Å². The second-order valence-corrected chi connectivity index (χ2v) is 7.22. The lowest BCUT2D eigenvalue weighted by atomic mass is 10.1. The third-order valence-electron chi connectivity index (χ3n) is 4.85. The molecule has 170 valence electrons. The van der Waals surface area contributed by atoms with Gasteiger partial charge in [-0.2, -0.15) is 0 Å². The molecular formula is C27H27NO5. The van der Waals surface area contributed by atoms with Gasteiger partial charge in [-0.1, -0.05) is 30.3 Å². The number of rotatable bonds is 10. The second kappa shape index (κ2) is 11.5. The van der Waals surface area contributed by atoms with Gasteiger partial charge in [0.05, 0.1) is 13.7 Å². The molecule has 3 aromatic rings. The molecule has 0 spiro atoms. The number of hydrogen-bond acceptors (Lipinski definition) is 5. The number of carbonyl (C=O) groups excluding carboxylic acids is 2. The van der Waals surface area contributed by atoms with Crippen LogP contribution in [-0.4, -0.2) is 32.0 Å². The molecule has 1 N–H and O–H groups in total. The van der Waals surface area contributed by atoms with Crippen LogP contribution >= 0.6 is 0 Å². The normalized spacial score (nSPS) is 10.6. The third kappa shape index (κ3) is 6.71. The van der Waals surface area contributed by atoms with Gasteiger partial charge in [0.25, 0.3) is 5.91 Å². The van der Waals surface area contributed by atoms with E-state index in [1.807, 2.05) is 38.1 Å². The van der Waals surface area contributed by atoms with E-state index < -0.39 is 0 Å². The maximum absolute atomic E-state index is 12.4. The van der Waals surface area contributed by atoms with E-state index in [4.69, 9.17) is 14.2 Å². The highest BCUT2D eigenvalue weighted by Gasteiger charge is 2.10. The molecule has 0 fully saturated rings. The summed E-state index contributed by atoms with van der Waals surface area (Å²) in [5, 5.41) is 2.84. The number of aryl methyl sites for hydroxylation is 1. The number of ketones is 1. The van der Waals surface area contributed by atoms with Crippen molar-refractivity contribution >= 4 is 23.5 Å². The van der Waals surface area contributed by atoms with Crippen LogP contribution in [0.25, 0.3) is 6.08 Å². The molecule has 6 heteroatoms. The number of nitrogens with one attached hydrogen (secondary N) is 1. The molecule has 0 aliphatic heterocycles. The van der Waals surface area contributed by atoms with Gasteiger partial charge < -0.3 is 19.5 Å². The Labute approximate surface area is 193 Å². The van der Waals surface area contributed by atoms with E-state index in [2.05, 4.69) is 5.32 Å². The molecule has 0 atom stereocenters. The lowest BCUT2D eigenvalue weighted by molar-refractivity contribution is -0.118. The summed E-state index contributed by atoms with van der Waals surface area (Å²) in [5.41, 5.74) is 3.06. The highest BCUT2D eigenvalue weighted by Crippen LogP contribution is 2.29. The zero-order valence-electron chi connectivity index (χ0n) is 19.0. The number of methoxy groups -OCH3 is 1. The van der Waals surface area contributed by atoms with E-state index in [0.717, 1.165) is 16.8 Å². The minimum absolute atomic E-state index is 0.121. The average molecular weight is 446 g/mol. The van der Waals surface area contributed by atoms with Crippen molar-refractivity contribution in [2.75, 3.05) is 25.6 Å². The molecule has 0 aliphatic rings. The van der Waals surface area contributed by atoms with Crippen LogP contribution in [-0.2, 0) is 4.79 Å². The average Bonchev–Trinajstić information content (AvgIpc) is 2.83. The van der Waals surface area contributed by atoms with Crippen LogP contribution in [0, 0.1) is 6.92 Å². The fraction of sp³-hybridized carbons (Fsp3) is 0.185. The van der Waals surface area contributed by atoms with Crippen LogP contribution in [0.2, 0.25) is 0 Å². The summed E-state index contributed by atoms with van der Waals surface area (Å²) in [6.45, 7) is 4.07. The Hall–Kier alpha value is -4.06. The molecule has 0 saturated heterocycles. The number of benzene rings is 3. The van der Waals surface area contributed by atoms with Gasteiger partial charge >= 0.3 is 0 Å². The Morgan fingerprint density at radius 3 is 2.39 bits per heavy atom. The van der Waals surface area contributed by atoms with E-state index in [9.17, 15) is 9.59 Å². The van der Waals surface area contributed by atoms with Gasteiger partial charge in [-0.3, -0.25) is 9.59 Å². The van der Waals surface area contributed by atoms with E-state index >= 15 is 0 Å². The third-order valence-corrected chi connectivity index (χ3v) is 4.85. The van der Waals surface area contributed by atoms with Gasteiger partial charge in [0.2, 0.25) is 0 Å². The van der Waals surface area contributed by atoms with Crippen LogP contribution < -0.4 is 19.5 Å². The number of ether oxygens (including phenoxy) is 3. The number of amides is 1. The first kappa shape index (κ1) is 23.6. The summed E-state index contributed by atoms with van der Waals surface area (Å²) in [4.78, 5) is 24.7. The fourth-order valence-electron chi connectivity index (χ4n) is 3.08. The van der Waals surface area contributed by atoms with Crippen LogP contribution in [0.15, 0.2) is 72.8 Å². The van der Waals surface area contributed by atoms with Gasteiger partial charge in [0.15, 0.2) is 23.9 Å². The SMILES string of the molecule is CCOc1cc(/C=C/C(=O)c2ccc(OC)cc2)ccc1OCC(=O)Nc1ccccc1C. The maximum atomic E-state index is 12.4. The van der Waals surface area contributed by atoms with Crippen LogP contribution in [0.5, 0.6) is 17.2 Å². The molecule has 0 saturated carbocycles. The van der Waals surface area contributed by atoms with Crippen molar-refractivity contribution in [3.05, 3.63) is 89.5 Å². The molecule has 3 aromatic carbocycles. The lowest BCUT2D eigenvalue weighted by Crippen LogP contribution is -2.20. The molecule has 0 aromatic heterocycles. The fourth-order valence-corrected chi connectivity index (χ4v) is 3.08. The molecule has 0 aliphatic carbocycles. The van der Waals surface area contributed by atoms with Crippen molar-refractivity contribution in [3.63, 3.8) is 0 Å². The van der Waals surface area contributed by atoms with Crippen molar-refractivity contribution in [3.8, 4) is 17.2 Å². The Bertz CT molecular complexity index is 1140. The molecule has 3 rings (SSSR count). The van der Waals surface area contributed by atoms with Crippen molar-refractivity contribution in [1.29, 1.82) is 0 Å². The summed E-state index contributed by atoms with van der Waals surface area (Å²) in [6.07, 6.45) is 3.22. The van der Waals surface area contributed by atoms with Crippen molar-refractivity contribution in [2.24, 2.45) is 0 Å². The van der Waals surface area contributed by atoms with E-state index in [-0.39, 0.29) is 18.3 Å². The van der Waals surface area contributed by atoms with Gasteiger partial charge in [0.1, 0.15) is 5.75 Å². The smallest absolute Gasteiger partial charge is 0.262 e. The van der Waals surface area contributed by atoms with Gasteiger partial charge in [-0.15, -0.1) is 0 Å². The molecule has 0 bridgehead atoms. The predicted octanol–water partition coefficient (Wildman–Crippen LogP) is 5.32. The van der Waals surface area contributed by atoms with Crippen molar-refractivity contribution < 1.29 is 23.8 Å². The molecule has 6 nitrogen and oxygen atoms in total. The Morgan fingerprint density at radius 2 is 1.70 bits per heavy atom. The highest BCUT2D eigenvalue weighted by atomic mass is 16.5. The van der Waals surface area contributed by atoms with Gasteiger partial charge in [0, 0.05) is 11.3 Å². The minimum Gasteiger partial charge on any atom is -0.497 e. The molecule has 0 radical (unpaired) electrons. The van der Waals surface area contributed by atoms with E-state index in [1.165, 1.54) is 6.08 Å². The first-order chi connectivity index (χ1) is 16.0. The predicted molar refractivity (Wildman–Crippen MR) is 129 cm³/mol. The lowest BCUT2D eigenvalue weighted by Gasteiger charge is -2.13. The van der Waals surface area contributed by atoms with Gasteiger partial charge in [-0.25, -0.2) is 0 Å². The number of anilines is 1.